The van der Waals surface area contributed by atoms with E-state index in [1.54, 1.807) is 32.2 Å². The Morgan fingerprint density at radius 1 is 1.18 bits per heavy atom. The van der Waals surface area contributed by atoms with Gasteiger partial charge in [-0.1, -0.05) is 29.3 Å². The van der Waals surface area contributed by atoms with Crippen LogP contribution in [-0.4, -0.2) is 33.8 Å². The quantitative estimate of drug-likeness (QED) is 0.537. The molecule has 0 saturated heterocycles. The minimum Gasteiger partial charge on any atom is -0.486 e. The molecule has 2 aromatic rings. The molecule has 0 aliphatic carbocycles. The van der Waals surface area contributed by atoms with Gasteiger partial charge in [-0.3, -0.25) is 4.98 Å². The first-order valence-electron chi connectivity index (χ1n) is 11.0. The van der Waals surface area contributed by atoms with Gasteiger partial charge >= 0.3 is 0 Å². The van der Waals surface area contributed by atoms with E-state index < -0.39 is 5.60 Å². The van der Waals surface area contributed by atoms with Gasteiger partial charge in [0.25, 0.3) is 0 Å². The first-order chi connectivity index (χ1) is 16.1. The summed E-state index contributed by atoms with van der Waals surface area (Å²) in [4.78, 5) is 13.1. The van der Waals surface area contributed by atoms with Crippen molar-refractivity contribution in [3.05, 3.63) is 93.4 Å². The second-order valence-electron chi connectivity index (χ2n) is 8.91. The van der Waals surface area contributed by atoms with Crippen LogP contribution in [0.2, 0.25) is 5.02 Å². The van der Waals surface area contributed by atoms with E-state index in [4.69, 9.17) is 27.9 Å². The SMILES string of the molecule is CC1=CC(OCc2ncccc2Cl)=C(Cl)CN1c1cc(N2C=CC=C(C(C)(C)O)C2)ncc1C. The normalized spacial score (nSPS) is 16.6. The monoisotopic (exact) mass is 498 g/mol. The molecule has 34 heavy (non-hydrogen) atoms. The van der Waals surface area contributed by atoms with E-state index in [1.165, 1.54) is 0 Å². The zero-order chi connectivity index (χ0) is 24.5. The minimum atomic E-state index is -0.892. The number of ether oxygens (including phenoxy) is 1. The summed E-state index contributed by atoms with van der Waals surface area (Å²) in [6.45, 7) is 8.93. The summed E-state index contributed by atoms with van der Waals surface area (Å²) in [5.74, 6) is 1.41. The Hall–Kier alpha value is -2.80. The Balaban J connectivity index is 1.53. The van der Waals surface area contributed by atoms with E-state index in [1.807, 2.05) is 55.4 Å². The van der Waals surface area contributed by atoms with E-state index in [0.29, 0.717) is 34.6 Å². The lowest BCUT2D eigenvalue weighted by molar-refractivity contribution is 0.118. The van der Waals surface area contributed by atoms with Crippen molar-refractivity contribution in [3.63, 3.8) is 0 Å². The van der Waals surface area contributed by atoms with Crippen LogP contribution >= 0.6 is 23.2 Å². The maximum absolute atomic E-state index is 10.4. The summed E-state index contributed by atoms with van der Waals surface area (Å²) in [6.07, 6.45) is 11.3. The molecule has 0 saturated carbocycles. The molecule has 0 spiro atoms. The highest BCUT2D eigenvalue weighted by molar-refractivity contribution is 6.31. The average molecular weight is 499 g/mol. The number of nitrogens with zero attached hydrogens (tertiary/aromatic N) is 4. The summed E-state index contributed by atoms with van der Waals surface area (Å²) < 4.78 is 5.95. The molecule has 4 rings (SSSR count). The van der Waals surface area contributed by atoms with Gasteiger partial charge in [-0.2, -0.15) is 0 Å². The predicted molar refractivity (Wildman–Crippen MR) is 138 cm³/mol. The van der Waals surface area contributed by atoms with Crippen molar-refractivity contribution >= 4 is 34.7 Å². The summed E-state index contributed by atoms with van der Waals surface area (Å²) >= 11 is 12.8. The molecule has 0 atom stereocenters. The number of aliphatic hydroxyl groups is 1. The van der Waals surface area contributed by atoms with Crippen molar-refractivity contribution in [2.45, 2.75) is 39.9 Å². The van der Waals surface area contributed by atoms with Crippen molar-refractivity contribution in [2.24, 2.45) is 0 Å². The van der Waals surface area contributed by atoms with E-state index in [0.717, 1.165) is 28.3 Å². The second-order valence-corrected chi connectivity index (χ2v) is 9.77. The van der Waals surface area contributed by atoms with Crippen LogP contribution in [0.3, 0.4) is 0 Å². The highest BCUT2D eigenvalue weighted by Crippen LogP contribution is 2.34. The van der Waals surface area contributed by atoms with Crippen LogP contribution < -0.4 is 9.80 Å². The van der Waals surface area contributed by atoms with Crippen LogP contribution in [0.25, 0.3) is 0 Å². The fraction of sp³-hybridized carbons (Fsp3) is 0.308. The second kappa shape index (κ2) is 9.82. The molecule has 0 aromatic carbocycles. The van der Waals surface area contributed by atoms with Crippen LogP contribution in [0.1, 0.15) is 32.0 Å². The fourth-order valence-corrected chi connectivity index (χ4v) is 4.22. The van der Waals surface area contributed by atoms with Crippen LogP contribution in [0.4, 0.5) is 11.5 Å². The molecule has 0 bridgehead atoms. The van der Waals surface area contributed by atoms with Crippen molar-refractivity contribution < 1.29 is 9.84 Å². The van der Waals surface area contributed by atoms with Crippen molar-refractivity contribution in [2.75, 3.05) is 22.9 Å². The minimum absolute atomic E-state index is 0.242. The molecule has 2 aromatic heterocycles. The molecule has 4 heterocycles. The van der Waals surface area contributed by atoms with E-state index in [9.17, 15) is 5.11 Å². The first kappa shape index (κ1) is 24.3. The fourth-order valence-electron chi connectivity index (χ4n) is 3.81. The first-order valence-corrected chi connectivity index (χ1v) is 11.8. The number of anilines is 2. The number of hydrogen-bond donors (Lipinski definition) is 1. The molecular formula is C26H28Cl2N4O2. The van der Waals surface area contributed by atoms with Gasteiger partial charge in [0.15, 0.2) is 0 Å². The Kier molecular flexibility index (Phi) is 7.03. The molecule has 0 amide bonds. The molecule has 0 fully saturated rings. The lowest BCUT2D eigenvalue weighted by atomic mass is 9.96. The Labute approximate surface area is 210 Å². The molecular weight excluding hydrogens is 471 g/mol. The lowest BCUT2D eigenvalue weighted by Crippen LogP contribution is -2.33. The summed E-state index contributed by atoms with van der Waals surface area (Å²) in [6, 6.07) is 5.62. The zero-order valence-corrected chi connectivity index (χ0v) is 21.2. The molecule has 0 unspecified atom stereocenters. The summed E-state index contributed by atoms with van der Waals surface area (Å²) in [5, 5.41) is 11.6. The third kappa shape index (κ3) is 5.30. The van der Waals surface area contributed by atoms with Gasteiger partial charge in [0.1, 0.15) is 18.2 Å². The number of halogens is 2. The van der Waals surface area contributed by atoms with Crippen LogP contribution in [-0.2, 0) is 11.3 Å². The highest BCUT2D eigenvalue weighted by atomic mass is 35.5. The van der Waals surface area contributed by atoms with Gasteiger partial charge in [0.2, 0.25) is 0 Å². The number of aromatic nitrogens is 2. The van der Waals surface area contributed by atoms with Gasteiger partial charge in [-0.15, -0.1) is 0 Å². The van der Waals surface area contributed by atoms with Gasteiger partial charge in [0.05, 0.1) is 27.9 Å². The van der Waals surface area contributed by atoms with Crippen LogP contribution in [0, 0.1) is 6.92 Å². The number of rotatable bonds is 6. The average Bonchev–Trinajstić information content (AvgIpc) is 2.80. The zero-order valence-electron chi connectivity index (χ0n) is 19.7. The Morgan fingerprint density at radius 2 is 1.97 bits per heavy atom. The number of aryl methyl sites for hydroxylation is 1. The van der Waals surface area contributed by atoms with E-state index >= 15 is 0 Å². The van der Waals surface area contributed by atoms with E-state index in [-0.39, 0.29) is 6.61 Å². The molecule has 6 nitrogen and oxygen atoms in total. The lowest BCUT2D eigenvalue weighted by Gasteiger charge is -2.33. The molecule has 8 heteroatoms. The van der Waals surface area contributed by atoms with Gasteiger partial charge in [-0.05, 0) is 57.0 Å². The standard InChI is InChI=1S/C26H28Cl2N4O2/c1-17-13-30-25(31-10-6-7-19(14-31)26(3,4)33)12-23(17)32-15-21(28)24(11-18(32)2)34-16-22-20(27)8-5-9-29-22/h5-13,33H,14-16H2,1-4H3. The molecule has 2 aliphatic heterocycles. The number of allylic oxidation sites excluding steroid dienone is 4. The van der Waals surface area contributed by atoms with Gasteiger partial charge in [-0.25, -0.2) is 4.98 Å². The van der Waals surface area contributed by atoms with Crippen LogP contribution in [0.15, 0.2) is 77.1 Å². The smallest absolute Gasteiger partial charge is 0.137 e. The van der Waals surface area contributed by atoms with Crippen molar-refractivity contribution in [1.82, 2.24) is 9.97 Å². The summed E-state index contributed by atoms with van der Waals surface area (Å²) in [7, 11) is 0. The topological polar surface area (TPSA) is 61.7 Å². The third-order valence-corrected chi connectivity index (χ3v) is 6.51. The Bertz CT molecular complexity index is 1210. The predicted octanol–water partition coefficient (Wildman–Crippen LogP) is 5.86. The maximum Gasteiger partial charge on any atom is 0.137 e. The molecule has 1 N–H and O–H groups in total. The molecule has 2 aliphatic rings. The van der Waals surface area contributed by atoms with Gasteiger partial charge < -0.3 is 19.6 Å². The van der Waals surface area contributed by atoms with Gasteiger partial charge in [0, 0.05) is 48.7 Å². The summed E-state index contributed by atoms with van der Waals surface area (Å²) in [5.41, 5.74) is 3.74. The largest absolute Gasteiger partial charge is 0.486 e. The van der Waals surface area contributed by atoms with Crippen molar-refractivity contribution in [3.8, 4) is 0 Å². The number of pyridine rings is 2. The third-order valence-electron chi connectivity index (χ3n) is 5.86. The Morgan fingerprint density at radius 3 is 2.71 bits per heavy atom. The van der Waals surface area contributed by atoms with Crippen molar-refractivity contribution in [1.29, 1.82) is 0 Å². The highest BCUT2D eigenvalue weighted by Gasteiger charge is 2.25. The van der Waals surface area contributed by atoms with Crippen LogP contribution in [0.5, 0.6) is 0 Å². The van der Waals surface area contributed by atoms with E-state index in [2.05, 4.69) is 14.9 Å². The number of hydrogen-bond acceptors (Lipinski definition) is 6. The molecule has 0 radical (unpaired) electrons. The maximum atomic E-state index is 10.4. The molecule has 178 valence electrons.